The summed E-state index contributed by atoms with van der Waals surface area (Å²) in [5.74, 6) is -0.521. The summed E-state index contributed by atoms with van der Waals surface area (Å²) in [6, 6.07) is -1.02. The van der Waals surface area contributed by atoms with Gasteiger partial charge in [0.05, 0.1) is 6.04 Å². The number of carbonyl (C=O) groups excluding carboxylic acids is 3. The number of hydrogen-bond donors (Lipinski definition) is 1. The molecule has 2 amide bonds. The molecule has 0 aliphatic rings. The third kappa shape index (κ3) is 20.3. The van der Waals surface area contributed by atoms with Gasteiger partial charge in [-0.2, -0.15) is 0 Å². The minimum Gasteiger partial charge on any atom is -0.345 e. The molecule has 5 nitrogen and oxygen atoms in total. The molecule has 160 valence electrons. The molecule has 0 spiro atoms. The zero-order valence-corrected chi connectivity index (χ0v) is 19.6. The SMILES string of the molecule is C/C=C(C)\C=C/CC.CC.CC.CCC(C=O)N(C)C(=O)C(C)NC(C)=O. The van der Waals surface area contributed by atoms with E-state index in [4.69, 9.17) is 0 Å². The van der Waals surface area contributed by atoms with E-state index in [1.165, 1.54) is 17.4 Å². The fourth-order valence-electron chi connectivity index (χ4n) is 1.70. The number of hydrogen-bond acceptors (Lipinski definition) is 3. The summed E-state index contributed by atoms with van der Waals surface area (Å²) in [5, 5.41) is 2.48. The number of carbonyl (C=O) groups is 3. The molecule has 0 bridgehead atoms. The molecular weight excluding hydrogens is 340 g/mol. The number of likely N-dealkylation sites (N-methyl/N-ethyl adjacent to an activating group) is 1. The van der Waals surface area contributed by atoms with E-state index < -0.39 is 12.1 Å². The number of rotatable bonds is 7. The Balaban J connectivity index is -0.000000186. The van der Waals surface area contributed by atoms with Gasteiger partial charge >= 0.3 is 0 Å². The van der Waals surface area contributed by atoms with Crippen LogP contribution in [0.5, 0.6) is 0 Å². The number of allylic oxidation sites excluding steroid dienone is 4. The summed E-state index contributed by atoms with van der Waals surface area (Å²) in [4.78, 5) is 34.4. The lowest BCUT2D eigenvalue weighted by Gasteiger charge is -2.25. The molecule has 0 radical (unpaired) electrons. The highest BCUT2D eigenvalue weighted by Gasteiger charge is 2.22. The Kier molecular flexibility index (Phi) is 29.2. The van der Waals surface area contributed by atoms with Crippen LogP contribution in [-0.4, -0.2) is 42.1 Å². The van der Waals surface area contributed by atoms with Crippen LogP contribution in [0.1, 0.15) is 82.1 Å². The number of aldehydes is 1. The lowest BCUT2D eigenvalue weighted by atomic mass is 10.2. The van der Waals surface area contributed by atoms with E-state index in [-0.39, 0.29) is 11.8 Å². The highest BCUT2D eigenvalue weighted by atomic mass is 16.2. The predicted octanol–water partition coefficient (Wildman–Crippen LogP) is 4.92. The Morgan fingerprint density at radius 3 is 1.85 bits per heavy atom. The molecule has 0 aromatic rings. The minimum absolute atomic E-state index is 0.260. The first-order valence-corrected chi connectivity index (χ1v) is 10.0. The van der Waals surface area contributed by atoms with Crippen molar-refractivity contribution < 1.29 is 14.4 Å². The molecule has 0 fully saturated rings. The van der Waals surface area contributed by atoms with Gasteiger partial charge in [0.1, 0.15) is 12.3 Å². The Hall–Kier alpha value is -1.91. The first-order valence-electron chi connectivity index (χ1n) is 10.0. The fourth-order valence-corrected chi connectivity index (χ4v) is 1.70. The van der Waals surface area contributed by atoms with Gasteiger partial charge in [-0.15, -0.1) is 0 Å². The highest BCUT2D eigenvalue weighted by molar-refractivity contribution is 5.87. The smallest absolute Gasteiger partial charge is 0.245 e. The van der Waals surface area contributed by atoms with Crippen molar-refractivity contribution in [2.75, 3.05) is 7.05 Å². The lowest BCUT2D eigenvalue weighted by molar-refractivity contribution is -0.138. The average Bonchev–Trinajstić information content (AvgIpc) is 2.69. The quantitative estimate of drug-likeness (QED) is 0.500. The summed E-state index contributed by atoms with van der Waals surface area (Å²) >= 11 is 0. The van der Waals surface area contributed by atoms with Gasteiger partial charge in [0.25, 0.3) is 0 Å². The van der Waals surface area contributed by atoms with Crippen molar-refractivity contribution in [3.05, 3.63) is 23.8 Å². The standard InChI is InChI=1S/C10H18N2O3.C8H14.2C2H6/c1-5-9(6-13)12(4)10(15)7(2)11-8(3)14;1-4-6-7-8(3)5-2;2*1-2/h6-7,9H,5H2,1-4H3,(H,11,14);5-7H,4H2,1-3H3;2*1-2H3/b;7-6-,8-5-;;. The maximum Gasteiger partial charge on any atom is 0.245 e. The van der Waals surface area contributed by atoms with Crippen LogP contribution < -0.4 is 5.32 Å². The molecule has 1 N–H and O–H groups in total. The third-order valence-corrected chi connectivity index (χ3v) is 3.28. The molecule has 0 saturated heterocycles. The van der Waals surface area contributed by atoms with Gasteiger partial charge in [-0.05, 0) is 33.6 Å². The van der Waals surface area contributed by atoms with E-state index in [1.807, 2.05) is 34.6 Å². The molecule has 0 aliphatic carbocycles. The molecule has 27 heavy (non-hydrogen) atoms. The summed E-state index contributed by atoms with van der Waals surface area (Å²) in [5.41, 5.74) is 1.34. The second kappa shape index (κ2) is 24.1. The molecule has 0 aromatic heterocycles. The minimum atomic E-state index is -0.596. The van der Waals surface area contributed by atoms with Crippen molar-refractivity contribution >= 4 is 18.1 Å². The van der Waals surface area contributed by atoms with Crippen LogP contribution in [0.3, 0.4) is 0 Å². The molecular formula is C22H44N2O3. The maximum atomic E-state index is 11.7. The van der Waals surface area contributed by atoms with E-state index >= 15 is 0 Å². The Bertz CT molecular complexity index is 429. The average molecular weight is 385 g/mol. The molecule has 0 rings (SSSR count). The van der Waals surface area contributed by atoms with Gasteiger partial charge in [-0.1, -0.05) is 65.3 Å². The monoisotopic (exact) mass is 384 g/mol. The highest BCUT2D eigenvalue weighted by Crippen LogP contribution is 2.01. The molecule has 0 heterocycles. The first kappa shape index (κ1) is 32.7. The summed E-state index contributed by atoms with van der Waals surface area (Å²) in [7, 11) is 1.56. The van der Waals surface area contributed by atoms with Gasteiger partial charge < -0.3 is 15.0 Å². The van der Waals surface area contributed by atoms with Crippen LogP contribution in [0.15, 0.2) is 23.8 Å². The Morgan fingerprint density at radius 1 is 1.07 bits per heavy atom. The van der Waals surface area contributed by atoms with Crippen molar-refractivity contribution in [1.82, 2.24) is 10.2 Å². The van der Waals surface area contributed by atoms with Crippen molar-refractivity contribution in [2.24, 2.45) is 0 Å². The summed E-state index contributed by atoms with van der Waals surface area (Å²) < 4.78 is 0. The Morgan fingerprint density at radius 2 is 1.56 bits per heavy atom. The second-order valence-electron chi connectivity index (χ2n) is 5.33. The topological polar surface area (TPSA) is 66.5 Å². The van der Waals surface area contributed by atoms with Crippen molar-refractivity contribution in [3.63, 3.8) is 0 Å². The van der Waals surface area contributed by atoms with Crippen LogP contribution in [0.2, 0.25) is 0 Å². The molecule has 2 unspecified atom stereocenters. The molecule has 0 aromatic carbocycles. The second-order valence-corrected chi connectivity index (χ2v) is 5.33. The van der Waals surface area contributed by atoms with Crippen molar-refractivity contribution in [1.29, 1.82) is 0 Å². The molecule has 5 heteroatoms. The van der Waals surface area contributed by atoms with E-state index in [0.29, 0.717) is 6.42 Å². The fraction of sp³-hybridized carbons (Fsp3) is 0.682. The van der Waals surface area contributed by atoms with Gasteiger partial charge in [-0.3, -0.25) is 9.59 Å². The third-order valence-electron chi connectivity index (χ3n) is 3.28. The molecule has 0 aliphatic heterocycles. The maximum absolute atomic E-state index is 11.7. The van der Waals surface area contributed by atoms with E-state index in [9.17, 15) is 14.4 Å². The Labute approximate surface area is 168 Å². The predicted molar refractivity (Wildman–Crippen MR) is 118 cm³/mol. The zero-order chi connectivity index (χ0) is 22.4. The number of amides is 2. The van der Waals surface area contributed by atoms with Crippen LogP contribution in [0.4, 0.5) is 0 Å². The first-order chi connectivity index (χ1) is 12.7. The summed E-state index contributed by atoms with van der Waals surface area (Å²) in [6.07, 6.45) is 8.84. The zero-order valence-electron chi connectivity index (χ0n) is 19.6. The number of nitrogens with one attached hydrogen (secondary N) is 1. The molecule has 2 atom stereocenters. The van der Waals surface area contributed by atoms with Crippen LogP contribution in [0, 0.1) is 0 Å². The lowest BCUT2D eigenvalue weighted by Crippen LogP contribution is -2.48. The van der Waals surface area contributed by atoms with Crippen molar-refractivity contribution in [2.45, 2.75) is 94.2 Å². The normalized spacial score (nSPS) is 12.0. The van der Waals surface area contributed by atoms with Gasteiger partial charge in [0.15, 0.2) is 0 Å². The number of nitrogens with zero attached hydrogens (tertiary/aromatic N) is 1. The largest absolute Gasteiger partial charge is 0.345 e. The van der Waals surface area contributed by atoms with E-state index in [2.05, 4.69) is 44.3 Å². The van der Waals surface area contributed by atoms with Gasteiger partial charge in [0, 0.05) is 14.0 Å². The van der Waals surface area contributed by atoms with Crippen LogP contribution in [0.25, 0.3) is 0 Å². The van der Waals surface area contributed by atoms with Gasteiger partial charge in [0.2, 0.25) is 11.8 Å². The van der Waals surface area contributed by atoms with Crippen molar-refractivity contribution in [3.8, 4) is 0 Å². The van der Waals surface area contributed by atoms with E-state index in [0.717, 1.165) is 12.7 Å². The van der Waals surface area contributed by atoms with E-state index in [1.54, 1.807) is 14.0 Å². The summed E-state index contributed by atoms with van der Waals surface area (Å²) in [6.45, 7) is 19.1. The van der Waals surface area contributed by atoms with Crippen LogP contribution >= 0.6 is 0 Å². The van der Waals surface area contributed by atoms with Crippen LogP contribution in [-0.2, 0) is 14.4 Å². The molecule has 0 saturated carbocycles. The van der Waals surface area contributed by atoms with Gasteiger partial charge in [-0.25, -0.2) is 0 Å².